The van der Waals surface area contributed by atoms with Crippen molar-refractivity contribution in [3.63, 3.8) is 0 Å². The molecule has 8 nitrogen and oxygen atoms in total. The average molecular weight is 436 g/mol. The normalized spacial score (nSPS) is 19.5. The molecule has 0 amide bonds. The van der Waals surface area contributed by atoms with Crippen molar-refractivity contribution >= 4 is 11.6 Å². The monoisotopic (exact) mass is 436 g/mol. The molecule has 4 rings (SSSR count). The third kappa shape index (κ3) is 4.87. The number of hydrogen-bond donors (Lipinski definition) is 1. The smallest absolute Gasteiger partial charge is 0.423 e. The molecule has 2 atom stereocenters. The third-order valence-electron chi connectivity index (χ3n) is 5.30. The summed E-state index contributed by atoms with van der Waals surface area (Å²) in [6.45, 7) is 0.113. The number of methoxy groups -OCH3 is 1. The number of nitrogens with zero attached hydrogens (tertiary/aromatic N) is 5. The zero-order valence-electron chi connectivity index (χ0n) is 17.0. The number of hydrogen-bond acceptors (Lipinski definition) is 7. The van der Waals surface area contributed by atoms with Gasteiger partial charge in [0, 0.05) is 31.5 Å². The summed E-state index contributed by atoms with van der Waals surface area (Å²) >= 11 is 0. The maximum absolute atomic E-state index is 13.3. The standard InChI is InChI=1S/C20H23F3N6O2/c1-30-9-10-31-18-15(20(21,22)23)12-24-19(26-18)25-14-6-4-5-13(11-14)17-28-27-16-7-2-3-8-29(16)17/h2-3,7-8,12-14H,4-6,9-11H2,1H3,(H,24,25,26)/t13-,14+/m0/s1. The van der Waals surface area contributed by atoms with Gasteiger partial charge < -0.3 is 14.8 Å². The van der Waals surface area contributed by atoms with Gasteiger partial charge in [0.2, 0.25) is 11.8 Å². The SMILES string of the molecule is COCCOc1nc(N[C@@H]2CCC[C@H](c3nnc4ccccn34)C2)ncc1C(F)(F)F. The molecule has 0 radical (unpaired) electrons. The van der Waals surface area contributed by atoms with Crippen LogP contribution in [0.2, 0.25) is 0 Å². The molecule has 0 unspecified atom stereocenters. The molecule has 11 heteroatoms. The maximum Gasteiger partial charge on any atom is 0.423 e. The molecule has 0 spiro atoms. The Morgan fingerprint density at radius 1 is 1.19 bits per heavy atom. The maximum atomic E-state index is 13.3. The van der Waals surface area contributed by atoms with Crippen molar-refractivity contribution < 1.29 is 22.6 Å². The number of pyridine rings is 1. The number of alkyl halides is 3. The molecule has 0 saturated heterocycles. The first-order valence-electron chi connectivity index (χ1n) is 10.1. The summed E-state index contributed by atoms with van der Waals surface area (Å²) in [6, 6.07) is 5.74. The molecule has 3 heterocycles. The van der Waals surface area contributed by atoms with E-state index in [4.69, 9.17) is 9.47 Å². The van der Waals surface area contributed by atoms with Crippen LogP contribution in [0, 0.1) is 0 Å². The van der Waals surface area contributed by atoms with E-state index in [-0.39, 0.29) is 31.1 Å². The van der Waals surface area contributed by atoms with Gasteiger partial charge in [-0.05, 0) is 31.4 Å². The highest BCUT2D eigenvalue weighted by molar-refractivity contribution is 5.38. The fourth-order valence-electron chi connectivity index (χ4n) is 3.84. The quantitative estimate of drug-likeness (QED) is 0.565. The number of fused-ring (bicyclic) bond motifs is 1. The van der Waals surface area contributed by atoms with E-state index in [2.05, 4.69) is 25.5 Å². The molecule has 3 aromatic heterocycles. The Morgan fingerprint density at radius 3 is 2.87 bits per heavy atom. The highest BCUT2D eigenvalue weighted by atomic mass is 19.4. The van der Waals surface area contributed by atoms with Crippen molar-refractivity contribution in [1.82, 2.24) is 24.6 Å². The summed E-state index contributed by atoms with van der Waals surface area (Å²) in [6.07, 6.45) is 1.60. The molecule has 0 aromatic carbocycles. The molecule has 1 fully saturated rings. The van der Waals surface area contributed by atoms with Crippen LogP contribution in [-0.4, -0.2) is 50.9 Å². The van der Waals surface area contributed by atoms with Crippen molar-refractivity contribution in [2.75, 3.05) is 25.6 Å². The fraction of sp³-hybridized carbons (Fsp3) is 0.500. The van der Waals surface area contributed by atoms with E-state index in [0.717, 1.165) is 43.4 Å². The molecule has 166 valence electrons. The van der Waals surface area contributed by atoms with Crippen LogP contribution in [0.4, 0.5) is 19.1 Å². The van der Waals surface area contributed by atoms with Gasteiger partial charge in [-0.1, -0.05) is 12.5 Å². The minimum Gasteiger partial charge on any atom is -0.475 e. The van der Waals surface area contributed by atoms with E-state index in [1.807, 2.05) is 28.8 Å². The van der Waals surface area contributed by atoms with Gasteiger partial charge in [0.15, 0.2) is 5.65 Å². The minimum atomic E-state index is -4.61. The molecule has 0 aliphatic heterocycles. The van der Waals surface area contributed by atoms with Crippen LogP contribution in [0.25, 0.3) is 5.65 Å². The van der Waals surface area contributed by atoms with Crippen molar-refractivity contribution in [1.29, 1.82) is 0 Å². The lowest BCUT2D eigenvalue weighted by Crippen LogP contribution is -2.28. The predicted octanol–water partition coefficient (Wildman–Crippen LogP) is 3.70. The number of aromatic nitrogens is 5. The van der Waals surface area contributed by atoms with Crippen LogP contribution in [0.15, 0.2) is 30.6 Å². The zero-order chi connectivity index (χ0) is 21.8. The predicted molar refractivity (Wildman–Crippen MR) is 106 cm³/mol. The third-order valence-corrected chi connectivity index (χ3v) is 5.30. The van der Waals surface area contributed by atoms with E-state index in [9.17, 15) is 13.2 Å². The lowest BCUT2D eigenvalue weighted by Gasteiger charge is -2.29. The molecule has 1 saturated carbocycles. The van der Waals surface area contributed by atoms with Crippen LogP contribution in [0.5, 0.6) is 5.88 Å². The Kier molecular flexibility index (Phi) is 6.21. The molecule has 1 aliphatic rings. The lowest BCUT2D eigenvalue weighted by molar-refractivity contribution is -0.139. The van der Waals surface area contributed by atoms with Crippen LogP contribution >= 0.6 is 0 Å². The largest absolute Gasteiger partial charge is 0.475 e. The van der Waals surface area contributed by atoms with Crippen molar-refractivity contribution in [2.45, 2.75) is 43.8 Å². The number of anilines is 1. The Bertz CT molecular complexity index is 1030. The van der Waals surface area contributed by atoms with Gasteiger partial charge in [0.1, 0.15) is 18.0 Å². The summed E-state index contributed by atoms with van der Waals surface area (Å²) in [4.78, 5) is 7.87. The van der Waals surface area contributed by atoms with Gasteiger partial charge in [-0.2, -0.15) is 18.2 Å². The van der Waals surface area contributed by atoms with Gasteiger partial charge in [0.25, 0.3) is 0 Å². The summed E-state index contributed by atoms with van der Waals surface area (Å²) in [5, 5.41) is 11.7. The van der Waals surface area contributed by atoms with Gasteiger partial charge in [-0.15, -0.1) is 10.2 Å². The second-order valence-corrected chi connectivity index (χ2v) is 7.44. The van der Waals surface area contributed by atoms with E-state index in [1.165, 1.54) is 7.11 Å². The van der Waals surface area contributed by atoms with Crippen LogP contribution < -0.4 is 10.1 Å². The fourth-order valence-corrected chi connectivity index (χ4v) is 3.84. The summed E-state index contributed by atoms with van der Waals surface area (Å²) in [5.74, 6) is 0.671. The highest BCUT2D eigenvalue weighted by Crippen LogP contribution is 2.36. The molecule has 31 heavy (non-hydrogen) atoms. The minimum absolute atomic E-state index is 0.00151. The average Bonchev–Trinajstić information content (AvgIpc) is 3.18. The van der Waals surface area contributed by atoms with E-state index in [0.29, 0.717) is 0 Å². The van der Waals surface area contributed by atoms with Crippen LogP contribution in [0.3, 0.4) is 0 Å². The number of nitrogens with one attached hydrogen (secondary N) is 1. The van der Waals surface area contributed by atoms with Gasteiger partial charge in [-0.3, -0.25) is 4.40 Å². The van der Waals surface area contributed by atoms with E-state index in [1.54, 1.807) is 0 Å². The molecule has 0 bridgehead atoms. The Balaban J connectivity index is 1.49. The first-order valence-corrected chi connectivity index (χ1v) is 10.1. The number of halogens is 3. The lowest BCUT2D eigenvalue weighted by atomic mass is 9.85. The molecule has 1 N–H and O–H groups in total. The van der Waals surface area contributed by atoms with Crippen molar-refractivity contribution in [3.05, 3.63) is 42.0 Å². The number of rotatable bonds is 7. The van der Waals surface area contributed by atoms with Crippen molar-refractivity contribution in [3.8, 4) is 5.88 Å². The summed E-state index contributed by atoms with van der Waals surface area (Å²) in [7, 11) is 1.44. The van der Waals surface area contributed by atoms with Crippen LogP contribution in [0.1, 0.15) is 43.0 Å². The second kappa shape index (κ2) is 9.04. The molecular formula is C20H23F3N6O2. The molecular weight excluding hydrogens is 413 g/mol. The van der Waals surface area contributed by atoms with Crippen LogP contribution in [-0.2, 0) is 10.9 Å². The first-order chi connectivity index (χ1) is 15.0. The summed E-state index contributed by atoms with van der Waals surface area (Å²) in [5.41, 5.74) is -0.220. The number of ether oxygens (including phenoxy) is 2. The van der Waals surface area contributed by atoms with Gasteiger partial charge in [0.05, 0.1) is 6.61 Å². The Morgan fingerprint density at radius 2 is 2.06 bits per heavy atom. The Labute approximate surface area is 176 Å². The highest BCUT2D eigenvalue weighted by Gasteiger charge is 2.36. The molecule has 1 aliphatic carbocycles. The Hall–Kier alpha value is -2.95. The zero-order valence-corrected chi connectivity index (χ0v) is 17.0. The first kappa shape index (κ1) is 21.3. The van der Waals surface area contributed by atoms with Gasteiger partial charge >= 0.3 is 6.18 Å². The van der Waals surface area contributed by atoms with Crippen molar-refractivity contribution in [2.24, 2.45) is 0 Å². The van der Waals surface area contributed by atoms with E-state index >= 15 is 0 Å². The van der Waals surface area contributed by atoms with E-state index < -0.39 is 17.6 Å². The second-order valence-electron chi connectivity index (χ2n) is 7.44. The summed E-state index contributed by atoms with van der Waals surface area (Å²) < 4.78 is 51.8. The van der Waals surface area contributed by atoms with Gasteiger partial charge in [-0.25, -0.2) is 4.98 Å². The topological polar surface area (TPSA) is 86.5 Å². The molecule has 3 aromatic rings.